The molecular weight excluding hydrogens is 256 g/mol. The summed E-state index contributed by atoms with van der Waals surface area (Å²) in [6.07, 6.45) is 8.88. The molecule has 0 aromatic rings. The number of carbonyl (C=O) groups is 2. The molecule has 0 aliphatic heterocycles. The van der Waals surface area contributed by atoms with Crippen LogP contribution >= 0.6 is 0 Å². The Morgan fingerprint density at radius 3 is 2.45 bits per heavy atom. The van der Waals surface area contributed by atoms with Crippen molar-refractivity contribution >= 4 is 12.4 Å². The van der Waals surface area contributed by atoms with Crippen molar-refractivity contribution in [2.24, 2.45) is 0 Å². The van der Waals surface area contributed by atoms with Gasteiger partial charge in [-0.05, 0) is 58.4 Å². The molecule has 112 valence electrons. The van der Waals surface area contributed by atoms with Crippen LogP contribution in [0.3, 0.4) is 0 Å². The molecule has 1 fully saturated rings. The highest BCUT2D eigenvalue weighted by Gasteiger charge is 2.19. The number of allylic oxidation sites excluding steroid dienone is 3. The highest BCUT2D eigenvalue weighted by atomic mass is 16.6. The molecule has 1 amide bonds. The molecule has 1 N–H and O–H groups in total. The Morgan fingerprint density at radius 1 is 1.35 bits per heavy atom. The molecule has 0 radical (unpaired) electrons. The third kappa shape index (κ3) is 5.91. The zero-order valence-corrected chi connectivity index (χ0v) is 12.7. The van der Waals surface area contributed by atoms with Crippen LogP contribution in [0.2, 0.25) is 0 Å². The normalized spacial score (nSPS) is 16.7. The minimum atomic E-state index is -0.628. The van der Waals surface area contributed by atoms with E-state index in [-0.39, 0.29) is 5.70 Å². The van der Waals surface area contributed by atoms with E-state index in [0.29, 0.717) is 12.3 Å². The van der Waals surface area contributed by atoms with Crippen LogP contribution in [-0.2, 0) is 9.53 Å². The van der Waals surface area contributed by atoms with Crippen molar-refractivity contribution in [3.63, 3.8) is 0 Å². The van der Waals surface area contributed by atoms with Gasteiger partial charge in [-0.15, -0.1) is 0 Å². The first-order valence-corrected chi connectivity index (χ1v) is 6.87. The Bertz CT molecular complexity index is 404. The summed E-state index contributed by atoms with van der Waals surface area (Å²) < 4.78 is 5.08. The second-order valence-electron chi connectivity index (χ2n) is 5.96. The number of carbonyl (C=O) groups excluding carboxylic acids is 2. The minimum Gasteiger partial charge on any atom is -0.444 e. The molecule has 5 nitrogen and oxygen atoms in total. The topological polar surface area (TPSA) is 58.6 Å². The third-order valence-electron chi connectivity index (χ3n) is 3.02. The Balaban J connectivity index is 2.48. The maximum Gasteiger partial charge on any atom is 0.412 e. The van der Waals surface area contributed by atoms with Crippen LogP contribution in [0.25, 0.3) is 0 Å². The van der Waals surface area contributed by atoms with Crippen molar-refractivity contribution in [2.45, 2.75) is 51.7 Å². The first-order valence-electron chi connectivity index (χ1n) is 6.87. The van der Waals surface area contributed by atoms with Gasteiger partial charge in [-0.1, -0.05) is 0 Å². The van der Waals surface area contributed by atoms with Crippen molar-refractivity contribution in [3.8, 4) is 0 Å². The molecule has 0 aromatic carbocycles. The number of aldehydes is 1. The van der Waals surface area contributed by atoms with Crippen molar-refractivity contribution in [2.75, 3.05) is 7.05 Å². The number of rotatable bonds is 5. The highest BCUT2D eigenvalue weighted by molar-refractivity contribution is 5.82. The molecule has 0 heterocycles. The summed E-state index contributed by atoms with van der Waals surface area (Å²) in [5.74, 6) is 0. The van der Waals surface area contributed by atoms with E-state index in [1.165, 1.54) is 19.3 Å². The SMILES string of the molecule is CN(/C=C\C=C(/C=O)NC(=O)OC(C)(C)C)C1CCC1. The third-order valence-corrected chi connectivity index (χ3v) is 3.02. The molecule has 5 heteroatoms. The predicted molar refractivity (Wildman–Crippen MR) is 78.1 cm³/mol. The lowest BCUT2D eigenvalue weighted by Gasteiger charge is -2.33. The maximum absolute atomic E-state index is 11.5. The van der Waals surface area contributed by atoms with E-state index in [9.17, 15) is 9.59 Å². The number of amides is 1. The number of ether oxygens (including phenoxy) is 1. The van der Waals surface area contributed by atoms with Gasteiger partial charge in [0.05, 0.1) is 5.70 Å². The van der Waals surface area contributed by atoms with Crippen molar-refractivity contribution in [1.82, 2.24) is 10.2 Å². The largest absolute Gasteiger partial charge is 0.444 e. The molecule has 0 aromatic heterocycles. The average molecular weight is 280 g/mol. The summed E-state index contributed by atoms with van der Waals surface area (Å²) in [5, 5.41) is 2.42. The van der Waals surface area contributed by atoms with Crippen molar-refractivity contribution in [1.29, 1.82) is 0 Å². The van der Waals surface area contributed by atoms with Gasteiger partial charge < -0.3 is 9.64 Å². The fraction of sp³-hybridized carbons (Fsp3) is 0.600. The van der Waals surface area contributed by atoms with E-state index in [1.54, 1.807) is 32.9 Å². The number of nitrogens with zero attached hydrogens (tertiary/aromatic N) is 1. The quantitative estimate of drug-likeness (QED) is 0.478. The van der Waals surface area contributed by atoms with Crippen LogP contribution in [0.1, 0.15) is 40.0 Å². The van der Waals surface area contributed by atoms with E-state index in [4.69, 9.17) is 4.74 Å². The van der Waals surface area contributed by atoms with Crippen LogP contribution in [0.15, 0.2) is 24.0 Å². The van der Waals surface area contributed by atoms with Gasteiger partial charge in [0.15, 0.2) is 6.29 Å². The van der Waals surface area contributed by atoms with Gasteiger partial charge in [0.2, 0.25) is 0 Å². The molecule has 1 aliphatic rings. The zero-order valence-electron chi connectivity index (χ0n) is 12.7. The predicted octanol–water partition coefficient (Wildman–Crippen LogP) is 2.59. The van der Waals surface area contributed by atoms with Crippen LogP contribution in [0.5, 0.6) is 0 Å². The van der Waals surface area contributed by atoms with Crippen LogP contribution < -0.4 is 5.32 Å². The summed E-state index contributed by atoms with van der Waals surface area (Å²) in [4.78, 5) is 24.5. The molecule has 1 saturated carbocycles. The lowest BCUT2D eigenvalue weighted by atomic mass is 9.92. The lowest BCUT2D eigenvalue weighted by molar-refractivity contribution is -0.105. The van der Waals surface area contributed by atoms with Gasteiger partial charge in [0.1, 0.15) is 5.60 Å². The number of nitrogens with one attached hydrogen (secondary N) is 1. The van der Waals surface area contributed by atoms with E-state index in [1.807, 2.05) is 13.2 Å². The van der Waals surface area contributed by atoms with E-state index in [2.05, 4.69) is 10.2 Å². The molecule has 1 rings (SSSR count). The Hall–Kier alpha value is -1.78. The molecule has 0 bridgehead atoms. The van der Waals surface area contributed by atoms with Gasteiger partial charge >= 0.3 is 6.09 Å². The molecular formula is C15H24N2O3. The number of alkyl carbamates (subject to hydrolysis) is 1. The Kier molecular flexibility index (Phi) is 5.80. The van der Waals surface area contributed by atoms with Gasteiger partial charge in [0, 0.05) is 13.1 Å². The van der Waals surface area contributed by atoms with Gasteiger partial charge in [-0.25, -0.2) is 4.79 Å². The number of hydrogen-bond acceptors (Lipinski definition) is 4. The molecule has 0 atom stereocenters. The van der Waals surface area contributed by atoms with Crippen molar-refractivity contribution in [3.05, 3.63) is 24.0 Å². The Labute approximate surface area is 120 Å². The first-order chi connectivity index (χ1) is 9.31. The van der Waals surface area contributed by atoms with E-state index >= 15 is 0 Å². The first kappa shape index (κ1) is 16.3. The molecule has 0 saturated heterocycles. The summed E-state index contributed by atoms with van der Waals surface area (Å²) in [6.45, 7) is 5.30. The summed E-state index contributed by atoms with van der Waals surface area (Å²) in [7, 11) is 2.01. The zero-order chi connectivity index (χ0) is 15.2. The standard InChI is InChI=1S/C15H24N2O3/c1-15(2,3)20-14(19)16-12(11-18)7-6-10-17(4)13-8-5-9-13/h6-7,10-11,13H,5,8-9H2,1-4H3,(H,16,19)/b10-6-,12-7+. The summed E-state index contributed by atoms with van der Waals surface area (Å²) >= 11 is 0. The summed E-state index contributed by atoms with van der Waals surface area (Å²) in [5.41, 5.74) is -0.407. The van der Waals surface area contributed by atoms with E-state index in [0.717, 1.165) is 0 Å². The van der Waals surface area contributed by atoms with Crippen LogP contribution in [-0.4, -0.2) is 36.0 Å². The second-order valence-corrected chi connectivity index (χ2v) is 5.96. The summed E-state index contributed by atoms with van der Waals surface area (Å²) in [6, 6.07) is 0.596. The van der Waals surface area contributed by atoms with E-state index < -0.39 is 11.7 Å². The van der Waals surface area contributed by atoms with Crippen molar-refractivity contribution < 1.29 is 14.3 Å². The Morgan fingerprint density at radius 2 is 2.00 bits per heavy atom. The smallest absolute Gasteiger partial charge is 0.412 e. The van der Waals surface area contributed by atoms with Gasteiger partial charge in [-0.2, -0.15) is 0 Å². The number of hydrogen-bond donors (Lipinski definition) is 1. The molecule has 0 unspecified atom stereocenters. The minimum absolute atomic E-state index is 0.178. The van der Waals surface area contributed by atoms with Crippen LogP contribution in [0.4, 0.5) is 4.79 Å². The molecule has 1 aliphatic carbocycles. The monoisotopic (exact) mass is 280 g/mol. The highest BCUT2D eigenvalue weighted by Crippen LogP contribution is 2.23. The average Bonchev–Trinajstić information content (AvgIpc) is 2.22. The van der Waals surface area contributed by atoms with Crippen LogP contribution in [0, 0.1) is 0 Å². The van der Waals surface area contributed by atoms with Gasteiger partial charge in [0.25, 0.3) is 0 Å². The maximum atomic E-state index is 11.5. The fourth-order valence-corrected chi connectivity index (χ4v) is 1.73. The molecule has 20 heavy (non-hydrogen) atoms. The lowest BCUT2D eigenvalue weighted by Crippen LogP contribution is -2.33. The molecule has 0 spiro atoms. The second kappa shape index (κ2) is 7.12. The van der Waals surface area contributed by atoms with Gasteiger partial charge in [-0.3, -0.25) is 10.1 Å². The fourth-order valence-electron chi connectivity index (χ4n) is 1.73.